The first kappa shape index (κ1) is 13.1. The number of halogens is 2. The number of nitrogens with zero attached hydrogens (tertiary/aromatic N) is 1. The summed E-state index contributed by atoms with van der Waals surface area (Å²) in [7, 11) is 0. The Kier molecular flexibility index (Phi) is 4.04. The van der Waals surface area contributed by atoms with Crippen molar-refractivity contribution in [2.24, 2.45) is 0 Å². The number of aliphatic hydroxyl groups excluding tert-OH is 1. The van der Waals surface area contributed by atoms with Crippen molar-refractivity contribution in [1.29, 1.82) is 0 Å². The van der Waals surface area contributed by atoms with Gasteiger partial charge in [-0.2, -0.15) is 0 Å². The molecular formula is C13H15F2NO2. The second-order valence-corrected chi connectivity index (χ2v) is 4.50. The van der Waals surface area contributed by atoms with Gasteiger partial charge in [-0.15, -0.1) is 0 Å². The standard InChI is InChI=1S/C13H15F2NO2/c14-9-3-4-12(15)11(6-9)13(18)7-16-5-1-2-10(16)8-17/h3-4,6,10,17H,1-2,5,7-8H2. The van der Waals surface area contributed by atoms with Crippen LogP contribution in [0.3, 0.4) is 0 Å². The van der Waals surface area contributed by atoms with Crippen LogP contribution in [0.15, 0.2) is 18.2 Å². The fourth-order valence-electron chi connectivity index (χ4n) is 2.29. The number of carbonyl (C=O) groups excluding carboxylic acids is 1. The molecule has 2 rings (SSSR count). The van der Waals surface area contributed by atoms with Crippen molar-refractivity contribution >= 4 is 5.78 Å². The molecule has 1 aliphatic rings. The molecule has 1 saturated heterocycles. The molecule has 0 saturated carbocycles. The highest BCUT2D eigenvalue weighted by Gasteiger charge is 2.26. The van der Waals surface area contributed by atoms with Gasteiger partial charge in [0.15, 0.2) is 5.78 Å². The van der Waals surface area contributed by atoms with Crippen molar-refractivity contribution in [3.05, 3.63) is 35.4 Å². The zero-order valence-corrected chi connectivity index (χ0v) is 9.90. The third-order valence-electron chi connectivity index (χ3n) is 3.29. The lowest BCUT2D eigenvalue weighted by molar-refractivity contribution is 0.0883. The first-order valence-electron chi connectivity index (χ1n) is 5.95. The summed E-state index contributed by atoms with van der Waals surface area (Å²) in [5.41, 5.74) is -0.224. The summed E-state index contributed by atoms with van der Waals surface area (Å²) >= 11 is 0. The van der Waals surface area contributed by atoms with E-state index >= 15 is 0 Å². The number of hydrogen-bond acceptors (Lipinski definition) is 3. The van der Waals surface area contributed by atoms with Gasteiger partial charge in [-0.1, -0.05) is 0 Å². The topological polar surface area (TPSA) is 40.5 Å². The summed E-state index contributed by atoms with van der Waals surface area (Å²) in [4.78, 5) is 13.7. The van der Waals surface area contributed by atoms with Crippen LogP contribution in [0.1, 0.15) is 23.2 Å². The lowest BCUT2D eigenvalue weighted by Gasteiger charge is -2.21. The SMILES string of the molecule is O=C(CN1CCCC1CO)c1cc(F)ccc1F. The lowest BCUT2D eigenvalue weighted by Crippen LogP contribution is -2.36. The van der Waals surface area contributed by atoms with E-state index in [1.54, 1.807) is 0 Å². The Morgan fingerprint density at radius 2 is 2.22 bits per heavy atom. The maximum atomic E-state index is 13.4. The normalized spacial score (nSPS) is 20.3. The Balaban J connectivity index is 2.09. The number of benzene rings is 1. The molecule has 3 nitrogen and oxygen atoms in total. The molecule has 1 heterocycles. The molecule has 0 aromatic heterocycles. The molecule has 0 aliphatic carbocycles. The van der Waals surface area contributed by atoms with Gasteiger partial charge in [0.05, 0.1) is 18.7 Å². The minimum atomic E-state index is -0.707. The molecule has 1 unspecified atom stereocenters. The molecule has 1 N–H and O–H groups in total. The van der Waals surface area contributed by atoms with E-state index in [0.29, 0.717) is 6.54 Å². The van der Waals surface area contributed by atoms with Gasteiger partial charge in [-0.3, -0.25) is 9.69 Å². The highest BCUT2D eigenvalue weighted by Crippen LogP contribution is 2.18. The first-order chi connectivity index (χ1) is 8.61. The fourth-order valence-corrected chi connectivity index (χ4v) is 2.29. The molecule has 1 aromatic rings. The number of rotatable bonds is 4. The average molecular weight is 255 g/mol. The summed E-state index contributed by atoms with van der Waals surface area (Å²) in [5.74, 6) is -1.78. The minimum absolute atomic E-state index is 0.0150. The molecule has 0 amide bonds. The molecule has 5 heteroatoms. The van der Waals surface area contributed by atoms with Gasteiger partial charge >= 0.3 is 0 Å². The Morgan fingerprint density at radius 3 is 2.94 bits per heavy atom. The van der Waals surface area contributed by atoms with Crippen LogP contribution in [0, 0.1) is 11.6 Å². The van der Waals surface area contributed by atoms with Crippen LogP contribution in [0.2, 0.25) is 0 Å². The van der Waals surface area contributed by atoms with Crippen molar-refractivity contribution in [2.45, 2.75) is 18.9 Å². The highest BCUT2D eigenvalue weighted by molar-refractivity contribution is 5.97. The van der Waals surface area contributed by atoms with E-state index in [9.17, 15) is 13.6 Å². The van der Waals surface area contributed by atoms with Crippen molar-refractivity contribution in [2.75, 3.05) is 19.7 Å². The second kappa shape index (κ2) is 5.54. The van der Waals surface area contributed by atoms with Gasteiger partial charge in [0.1, 0.15) is 11.6 Å². The first-order valence-corrected chi connectivity index (χ1v) is 5.95. The van der Waals surface area contributed by atoms with E-state index in [-0.39, 0.29) is 24.8 Å². The monoisotopic (exact) mass is 255 g/mol. The molecule has 98 valence electrons. The molecule has 18 heavy (non-hydrogen) atoms. The van der Waals surface area contributed by atoms with Crippen LogP contribution in [0.25, 0.3) is 0 Å². The van der Waals surface area contributed by atoms with Gasteiger partial charge in [-0.05, 0) is 37.6 Å². The van der Waals surface area contributed by atoms with Crippen LogP contribution in [0.4, 0.5) is 8.78 Å². The fraction of sp³-hybridized carbons (Fsp3) is 0.462. The smallest absolute Gasteiger partial charge is 0.179 e. The Bertz CT molecular complexity index is 451. The minimum Gasteiger partial charge on any atom is -0.395 e. The molecule has 1 fully saturated rings. The predicted molar refractivity (Wildman–Crippen MR) is 62.4 cm³/mol. The van der Waals surface area contributed by atoms with Crippen molar-refractivity contribution in [1.82, 2.24) is 4.90 Å². The third-order valence-corrected chi connectivity index (χ3v) is 3.29. The summed E-state index contributed by atoms with van der Waals surface area (Å²) < 4.78 is 26.4. The van der Waals surface area contributed by atoms with Crippen molar-refractivity contribution < 1.29 is 18.7 Å². The van der Waals surface area contributed by atoms with E-state index in [1.165, 1.54) is 0 Å². The predicted octanol–water partition coefficient (Wildman–Crippen LogP) is 1.60. The zero-order valence-electron chi connectivity index (χ0n) is 9.90. The maximum absolute atomic E-state index is 13.4. The van der Waals surface area contributed by atoms with E-state index in [2.05, 4.69) is 0 Å². The van der Waals surface area contributed by atoms with Crippen molar-refractivity contribution in [3.63, 3.8) is 0 Å². The van der Waals surface area contributed by atoms with Crippen LogP contribution >= 0.6 is 0 Å². The number of carbonyl (C=O) groups is 1. The second-order valence-electron chi connectivity index (χ2n) is 4.50. The zero-order chi connectivity index (χ0) is 13.1. The van der Waals surface area contributed by atoms with Gasteiger partial charge < -0.3 is 5.11 Å². The Morgan fingerprint density at radius 1 is 1.44 bits per heavy atom. The van der Waals surface area contributed by atoms with E-state index in [4.69, 9.17) is 5.11 Å². The lowest BCUT2D eigenvalue weighted by atomic mass is 10.1. The van der Waals surface area contributed by atoms with E-state index in [0.717, 1.165) is 31.0 Å². The van der Waals surface area contributed by atoms with Crippen LogP contribution in [-0.2, 0) is 0 Å². The molecule has 1 aliphatic heterocycles. The number of Topliss-reactive ketones (excluding diaryl/α,β-unsaturated/α-hetero) is 1. The summed E-state index contributed by atoms with van der Waals surface area (Å²) in [6.45, 7) is 0.707. The Hall–Kier alpha value is -1.33. The molecule has 0 spiro atoms. The largest absolute Gasteiger partial charge is 0.395 e. The van der Waals surface area contributed by atoms with Crippen LogP contribution in [-0.4, -0.2) is 41.5 Å². The number of ketones is 1. The Labute approximate surface area is 104 Å². The quantitative estimate of drug-likeness (QED) is 0.831. The van der Waals surface area contributed by atoms with Gasteiger partial charge in [0, 0.05) is 6.04 Å². The number of hydrogen-bond donors (Lipinski definition) is 1. The van der Waals surface area contributed by atoms with Crippen LogP contribution in [0.5, 0.6) is 0 Å². The summed E-state index contributed by atoms with van der Waals surface area (Å²) in [6, 6.07) is 2.81. The van der Waals surface area contributed by atoms with Crippen molar-refractivity contribution in [3.8, 4) is 0 Å². The van der Waals surface area contributed by atoms with E-state index < -0.39 is 17.4 Å². The molecule has 0 bridgehead atoms. The van der Waals surface area contributed by atoms with Crippen LogP contribution < -0.4 is 0 Å². The number of likely N-dealkylation sites (tertiary alicyclic amines) is 1. The summed E-state index contributed by atoms with van der Waals surface area (Å²) in [5, 5.41) is 9.13. The van der Waals surface area contributed by atoms with Gasteiger partial charge in [0.25, 0.3) is 0 Å². The molecule has 0 radical (unpaired) electrons. The van der Waals surface area contributed by atoms with Gasteiger partial charge in [0.2, 0.25) is 0 Å². The molecule has 1 aromatic carbocycles. The van der Waals surface area contributed by atoms with Gasteiger partial charge in [-0.25, -0.2) is 8.78 Å². The maximum Gasteiger partial charge on any atom is 0.179 e. The molecule has 1 atom stereocenters. The number of aliphatic hydroxyl groups is 1. The molecular weight excluding hydrogens is 240 g/mol. The van der Waals surface area contributed by atoms with E-state index in [1.807, 2.05) is 4.90 Å². The highest BCUT2D eigenvalue weighted by atomic mass is 19.1. The third kappa shape index (κ3) is 2.73. The average Bonchev–Trinajstić information content (AvgIpc) is 2.79. The summed E-state index contributed by atoms with van der Waals surface area (Å²) in [6.07, 6.45) is 1.74.